The third-order valence-electron chi connectivity index (χ3n) is 3.10. The fourth-order valence-electron chi connectivity index (χ4n) is 1.79. The number of anilines is 1. The van der Waals surface area contributed by atoms with Gasteiger partial charge in [-0.15, -0.1) is 0 Å². The van der Waals surface area contributed by atoms with Gasteiger partial charge in [-0.05, 0) is 41.4 Å². The average Bonchev–Trinajstić information content (AvgIpc) is 2.29. The van der Waals surface area contributed by atoms with Crippen molar-refractivity contribution in [3.8, 4) is 0 Å². The number of amides is 1. The van der Waals surface area contributed by atoms with Crippen LogP contribution in [0.3, 0.4) is 0 Å². The molecule has 7 heteroatoms. The van der Waals surface area contributed by atoms with Crippen LogP contribution in [0.1, 0.15) is 19.4 Å². The molecule has 2 N–H and O–H groups in total. The minimum atomic E-state index is -3.56. The lowest BCUT2D eigenvalue weighted by atomic mass is 10.1. The van der Waals surface area contributed by atoms with Crippen molar-refractivity contribution in [2.24, 2.45) is 0 Å². The smallest absolute Gasteiger partial charge is 0.259 e. The molecule has 0 radical (unpaired) electrons. The predicted molar refractivity (Wildman–Crippen MR) is 72.1 cm³/mol. The molecule has 2 rings (SSSR count). The molecule has 1 amide bonds. The van der Waals surface area contributed by atoms with E-state index in [1.165, 1.54) is 13.8 Å². The van der Waals surface area contributed by atoms with E-state index in [-0.39, 0.29) is 6.54 Å². The van der Waals surface area contributed by atoms with Crippen molar-refractivity contribution in [3.63, 3.8) is 0 Å². The van der Waals surface area contributed by atoms with Crippen molar-refractivity contribution in [3.05, 3.63) is 28.2 Å². The zero-order valence-corrected chi connectivity index (χ0v) is 12.4. The van der Waals surface area contributed by atoms with Crippen LogP contribution < -0.4 is 5.73 Å². The van der Waals surface area contributed by atoms with Crippen molar-refractivity contribution in [1.29, 1.82) is 0 Å². The Hall–Kier alpha value is -1.08. The molecule has 1 saturated heterocycles. The van der Waals surface area contributed by atoms with E-state index in [0.29, 0.717) is 15.7 Å². The summed E-state index contributed by atoms with van der Waals surface area (Å²) >= 11 is 3.29. The maximum Gasteiger partial charge on any atom is 0.259 e. The zero-order valence-electron chi connectivity index (χ0n) is 9.97. The predicted octanol–water partition coefficient (Wildman–Crippen LogP) is 1.48. The molecule has 1 aliphatic rings. The fourth-order valence-corrected chi connectivity index (χ4v) is 3.68. The number of hydrogen-bond acceptors (Lipinski definition) is 4. The number of nitrogens with zero attached hydrogens (tertiary/aromatic N) is 1. The number of rotatable bonds is 2. The van der Waals surface area contributed by atoms with Gasteiger partial charge < -0.3 is 5.73 Å². The summed E-state index contributed by atoms with van der Waals surface area (Å²) in [5.41, 5.74) is 6.89. The Morgan fingerprint density at radius 1 is 1.39 bits per heavy atom. The topological polar surface area (TPSA) is 80.5 Å². The first kappa shape index (κ1) is 13.4. The molecule has 1 aromatic carbocycles. The van der Waals surface area contributed by atoms with Crippen LogP contribution in [0.5, 0.6) is 0 Å². The number of benzene rings is 1. The number of sulfonamides is 1. The molecule has 1 fully saturated rings. The zero-order chi connectivity index (χ0) is 13.7. The number of nitrogens with two attached hydrogens (primary N) is 1. The molecule has 5 nitrogen and oxygen atoms in total. The summed E-state index contributed by atoms with van der Waals surface area (Å²) in [5.74, 6) is -0.392. The molecule has 1 aliphatic heterocycles. The summed E-state index contributed by atoms with van der Waals surface area (Å²) in [5, 5.41) is 0. The molecular formula is C11H13BrN2O3S. The van der Waals surface area contributed by atoms with Crippen LogP contribution in [0, 0.1) is 0 Å². The average molecular weight is 333 g/mol. The first-order chi connectivity index (χ1) is 8.19. The molecule has 0 atom stereocenters. The lowest BCUT2D eigenvalue weighted by Gasteiger charge is -2.43. The van der Waals surface area contributed by atoms with Crippen LogP contribution >= 0.6 is 15.9 Å². The van der Waals surface area contributed by atoms with Crippen LogP contribution in [0.25, 0.3) is 0 Å². The second kappa shape index (κ2) is 3.96. The van der Waals surface area contributed by atoms with Crippen LogP contribution in [0.15, 0.2) is 22.7 Å². The second-order valence-corrected chi connectivity index (χ2v) is 7.85. The van der Waals surface area contributed by atoms with E-state index in [9.17, 15) is 13.2 Å². The highest BCUT2D eigenvalue weighted by molar-refractivity contribution is 9.10. The highest BCUT2D eigenvalue weighted by Gasteiger charge is 2.59. The van der Waals surface area contributed by atoms with Gasteiger partial charge in [0.15, 0.2) is 4.75 Å². The third-order valence-corrected chi connectivity index (χ3v) is 6.41. The van der Waals surface area contributed by atoms with E-state index >= 15 is 0 Å². The molecule has 0 saturated carbocycles. The van der Waals surface area contributed by atoms with Gasteiger partial charge in [-0.3, -0.25) is 4.79 Å². The minimum Gasteiger partial charge on any atom is -0.398 e. The van der Waals surface area contributed by atoms with Gasteiger partial charge in [-0.1, -0.05) is 12.1 Å². The minimum absolute atomic E-state index is 0.0101. The quantitative estimate of drug-likeness (QED) is 0.832. The van der Waals surface area contributed by atoms with Crippen molar-refractivity contribution in [2.45, 2.75) is 25.1 Å². The SMILES string of the molecule is CC1(C)C(=O)N(Cc2cccc(N)c2Br)S1(=O)=O. The van der Waals surface area contributed by atoms with E-state index < -0.39 is 20.7 Å². The molecule has 0 bridgehead atoms. The number of nitrogen functional groups attached to an aromatic ring is 1. The Kier molecular flexibility index (Phi) is 2.94. The van der Waals surface area contributed by atoms with Gasteiger partial charge in [0, 0.05) is 10.2 Å². The maximum atomic E-state index is 11.9. The molecular weight excluding hydrogens is 320 g/mol. The summed E-state index contributed by atoms with van der Waals surface area (Å²) in [6.45, 7) is 2.83. The van der Waals surface area contributed by atoms with Crippen molar-refractivity contribution < 1.29 is 13.2 Å². The molecule has 0 aliphatic carbocycles. The van der Waals surface area contributed by atoms with Crippen molar-refractivity contribution in [2.75, 3.05) is 5.73 Å². The van der Waals surface area contributed by atoms with Gasteiger partial charge in [0.1, 0.15) is 0 Å². The summed E-state index contributed by atoms with van der Waals surface area (Å²) in [7, 11) is -3.56. The molecule has 18 heavy (non-hydrogen) atoms. The number of hydrogen-bond donors (Lipinski definition) is 1. The normalized spacial score (nSPS) is 20.6. The van der Waals surface area contributed by atoms with Gasteiger partial charge in [0.25, 0.3) is 15.9 Å². The second-order valence-electron chi connectivity index (χ2n) is 4.65. The summed E-state index contributed by atoms with van der Waals surface area (Å²) in [6, 6.07) is 5.15. The summed E-state index contributed by atoms with van der Waals surface area (Å²) in [6.07, 6.45) is 0. The molecule has 1 heterocycles. The standard InChI is InChI=1S/C11H13BrN2O3S/c1-11(2)10(15)14(18(11,16)17)6-7-4-3-5-8(13)9(7)12/h3-5H,6,13H2,1-2H3. The molecule has 0 aromatic heterocycles. The van der Waals surface area contributed by atoms with Crippen LogP contribution in [-0.4, -0.2) is 23.4 Å². The lowest BCUT2D eigenvalue weighted by molar-refractivity contribution is -0.132. The largest absolute Gasteiger partial charge is 0.398 e. The van der Waals surface area contributed by atoms with E-state index in [2.05, 4.69) is 15.9 Å². The number of carbonyl (C=O) groups is 1. The highest BCUT2D eigenvalue weighted by atomic mass is 79.9. The molecule has 1 aromatic rings. The summed E-state index contributed by atoms with van der Waals surface area (Å²) in [4.78, 5) is 11.8. The Bertz CT molecular complexity index is 625. The first-order valence-electron chi connectivity index (χ1n) is 5.29. The van der Waals surface area contributed by atoms with Crippen molar-refractivity contribution in [1.82, 2.24) is 4.31 Å². The van der Waals surface area contributed by atoms with Gasteiger partial charge >= 0.3 is 0 Å². The van der Waals surface area contributed by atoms with E-state index in [1.54, 1.807) is 18.2 Å². The Balaban J connectivity index is 2.33. The van der Waals surface area contributed by atoms with Gasteiger partial charge in [0.05, 0.1) is 6.54 Å². The van der Waals surface area contributed by atoms with E-state index in [4.69, 9.17) is 5.73 Å². The number of carbonyl (C=O) groups excluding carboxylic acids is 1. The van der Waals surface area contributed by atoms with E-state index in [0.717, 1.165) is 4.31 Å². The Morgan fingerprint density at radius 2 is 2.00 bits per heavy atom. The van der Waals surface area contributed by atoms with Crippen molar-refractivity contribution >= 4 is 37.5 Å². The summed E-state index contributed by atoms with van der Waals surface area (Å²) < 4.78 is 24.1. The lowest BCUT2D eigenvalue weighted by Crippen LogP contribution is -2.66. The fraction of sp³-hybridized carbons (Fsp3) is 0.364. The maximum absolute atomic E-state index is 11.9. The van der Waals surface area contributed by atoms with Crippen LogP contribution in [-0.2, 0) is 21.4 Å². The number of halogens is 1. The molecule has 0 unspecified atom stereocenters. The highest BCUT2D eigenvalue weighted by Crippen LogP contribution is 2.37. The first-order valence-corrected chi connectivity index (χ1v) is 7.52. The molecule has 98 valence electrons. The Labute approximate surface area is 114 Å². The van der Waals surface area contributed by atoms with E-state index in [1.807, 2.05) is 0 Å². The Morgan fingerprint density at radius 3 is 2.56 bits per heavy atom. The third kappa shape index (κ3) is 1.65. The van der Waals surface area contributed by atoms with Gasteiger partial charge in [-0.2, -0.15) is 0 Å². The van der Waals surface area contributed by atoms with Crippen LogP contribution in [0.2, 0.25) is 0 Å². The molecule has 0 spiro atoms. The van der Waals surface area contributed by atoms with Gasteiger partial charge in [0.2, 0.25) is 0 Å². The van der Waals surface area contributed by atoms with Gasteiger partial charge in [-0.25, -0.2) is 12.7 Å². The monoisotopic (exact) mass is 332 g/mol. The van der Waals surface area contributed by atoms with Crippen LogP contribution in [0.4, 0.5) is 5.69 Å².